The van der Waals surface area contributed by atoms with Gasteiger partial charge in [-0.05, 0) is 47.9 Å². The zero-order valence-electron chi connectivity index (χ0n) is 10.9. The predicted molar refractivity (Wildman–Crippen MR) is 71.9 cm³/mol. The summed E-state index contributed by atoms with van der Waals surface area (Å²) < 4.78 is 18.0. The SMILES string of the molecule is CC(C)c1ccc(OC(=O)c2ccc(F)cc2)cc1. The Morgan fingerprint density at radius 1 is 1.00 bits per heavy atom. The molecule has 0 fully saturated rings. The number of carbonyl (C=O) groups is 1. The highest BCUT2D eigenvalue weighted by Gasteiger charge is 2.08. The Balaban J connectivity index is 2.08. The normalized spacial score (nSPS) is 10.5. The van der Waals surface area contributed by atoms with Gasteiger partial charge in [0.15, 0.2) is 0 Å². The van der Waals surface area contributed by atoms with Crippen molar-refractivity contribution in [1.82, 2.24) is 0 Å². The van der Waals surface area contributed by atoms with Gasteiger partial charge in [-0.2, -0.15) is 0 Å². The van der Waals surface area contributed by atoms with Crippen molar-refractivity contribution in [3.8, 4) is 5.75 Å². The van der Waals surface area contributed by atoms with Gasteiger partial charge < -0.3 is 4.74 Å². The van der Waals surface area contributed by atoms with Crippen LogP contribution in [0.4, 0.5) is 4.39 Å². The predicted octanol–water partition coefficient (Wildman–Crippen LogP) is 4.17. The topological polar surface area (TPSA) is 26.3 Å². The van der Waals surface area contributed by atoms with Gasteiger partial charge in [-0.3, -0.25) is 0 Å². The van der Waals surface area contributed by atoms with Gasteiger partial charge in [-0.15, -0.1) is 0 Å². The molecule has 0 bridgehead atoms. The standard InChI is InChI=1S/C16H15FO2/c1-11(2)12-5-9-15(10-6-12)19-16(18)13-3-7-14(17)8-4-13/h3-11H,1-2H3. The van der Waals surface area contributed by atoms with Crippen LogP contribution in [0.5, 0.6) is 5.75 Å². The molecule has 0 aliphatic rings. The van der Waals surface area contributed by atoms with Crippen LogP contribution in [-0.2, 0) is 0 Å². The molecule has 0 atom stereocenters. The van der Waals surface area contributed by atoms with E-state index >= 15 is 0 Å². The van der Waals surface area contributed by atoms with Gasteiger partial charge in [0.2, 0.25) is 0 Å². The molecule has 0 amide bonds. The molecule has 19 heavy (non-hydrogen) atoms. The molecule has 0 heterocycles. The van der Waals surface area contributed by atoms with Gasteiger partial charge in [0.05, 0.1) is 5.56 Å². The highest BCUT2D eigenvalue weighted by molar-refractivity contribution is 5.90. The molecule has 0 aromatic heterocycles. The molecule has 0 radical (unpaired) electrons. The molecule has 0 aliphatic carbocycles. The zero-order chi connectivity index (χ0) is 13.8. The van der Waals surface area contributed by atoms with Crippen molar-refractivity contribution >= 4 is 5.97 Å². The maximum Gasteiger partial charge on any atom is 0.343 e. The van der Waals surface area contributed by atoms with E-state index in [0.717, 1.165) is 0 Å². The molecule has 0 aliphatic heterocycles. The number of hydrogen-bond acceptors (Lipinski definition) is 2. The lowest BCUT2D eigenvalue weighted by Gasteiger charge is -2.07. The van der Waals surface area contributed by atoms with Crippen LogP contribution in [0.2, 0.25) is 0 Å². The number of esters is 1. The quantitative estimate of drug-likeness (QED) is 0.610. The number of benzene rings is 2. The van der Waals surface area contributed by atoms with Crippen molar-refractivity contribution in [3.63, 3.8) is 0 Å². The monoisotopic (exact) mass is 258 g/mol. The molecule has 2 aromatic rings. The number of hydrogen-bond donors (Lipinski definition) is 0. The average Bonchev–Trinajstić information content (AvgIpc) is 2.40. The first-order valence-electron chi connectivity index (χ1n) is 6.14. The molecule has 2 rings (SSSR count). The molecule has 0 N–H and O–H groups in total. The Bertz CT molecular complexity index is 556. The zero-order valence-corrected chi connectivity index (χ0v) is 10.9. The fourth-order valence-electron chi connectivity index (χ4n) is 1.67. The maximum atomic E-state index is 12.7. The lowest BCUT2D eigenvalue weighted by Crippen LogP contribution is -2.08. The Labute approximate surface area is 111 Å². The van der Waals surface area contributed by atoms with Crippen LogP contribution in [-0.4, -0.2) is 5.97 Å². The van der Waals surface area contributed by atoms with E-state index in [1.807, 2.05) is 12.1 Å². The van der Waals surface area contributed by atoms with E-state index in [1.54, 1.807) is 12.1 Å². The molecule has 2 nitrogen and oxygen atoms in total. The lowest BCUT2D eigenvalue weighted by molar-refractivity contribution is 0.0734. The largest absolute Gasteiger partial charge is 0.423 e. The fraction of sp³-hybridized carbons (Fsp3) is 0.188. The minimum atomic E-state index is -0.489. The second kappa shape index (κ2) is 5.65. The number of ether oxygens (including phenoxy) is 1. The van der Waals surface area contributed by atoms with E-state index in [4.69, 9.17) is 4.74 Å². The van der Waals surface area contributed by atoms with Crippen molar-refractivity contribution < 1.29 is 13.9 Å². The van der Waals surface area contributed by atoms with E-state index in [1.165, 1.54) is 29.8 Å². The first-order valence-corrected chi connectivity index (χ1v) is 6.14. The Kier molecular flexibility index (Phi) is 3.95. The van der Waals surface area contributed by atoms with E-state index < -0.39 is 5.97 Å². The minimum Gasteiger partial charge on any atom is -0.423 e. The molecule has 98 valence electrons. The summed E-state index contributed by atoms with van der Waals surface area (Å²) in [7, 11) is 0. The van der Waals surface area contributed by atoms with Gasteiger partial charge in [0.1, 0.15) is 11.6 Å². The maximum absolute atomic E-state index is 12.7. The van der Waals surface area contributed by atoms with E-state index in [0.29, 0.717) is 17.2 Å². The second-order valence-corrected chi connectivity index (χ2v) is 4.62. The Hall–Kier alpha value is -2.16. The van der Waals surface area contributed by atoms with Gasteiger partial charge in [-0.25, -0.2) is 9.18 Å². The van der Waals surface area contributed by atoms with Crippen LogP contribution in [0.25, 0.3) is 0 Å². The van der Waals surface area contributed by atoms with E-state index in [9.17, 15) is 9.18 Å². The summed E-state index contributed by atoms with van der Waals surface area (Å²) in [4.78, 5) is 11.8. The van der Waals surface area contributed by atoms with Gasteiger partial charge in [-0.1, -0.05) is 26.0 Å². The smallest absolute Gasteiger partial charge is 0.343 e. The van der Waals surface area contributed by atoms with Gasteiger partial charge in [0, 0.05) is 0 Å². The second-order valence-electron chi connectivity index (χ2n) is 4.62. The molecule has 0 saturated carbocycles. The summed E-state index contributed by atoms with van der Waals surface area (Å²) in [5, 5.41) is 0. The van der Waals surface area contributed by atoms with Crippen LogP contribution >= 0.6 is 0 Å². The summed E-state index contributed by atoms with van der Waals surface area (Å²) in [6, 6.07) is 12.7. The lowest BCUT2D eigenvalue weighted by atomic mass is 10.0. The first kappa shape index (κ1) is 13.3. The van der Waals surface area contributed by atoms with Crippen molar-refractivity contribution in [1.29, 1.82) is 0 Å². The van der Waals surface area contributed by atoms with Crippen molar-refractivity contribution in [2.75, 3.05) is 0 Å². The summed E-state index contributed by atoms with van der Waals surface area (Å²) in [6.07, 6.45) is 0. The highest BCUT2D eigenvalue weighted by Crippen LogP contribution is 2.19. The highest BCUT2D eigenvalue weighted by atomic mass is 19.1. The molecule has 0 saturated heterocycles. The Morgan fingerprint density at radius 2 is 1.58 bits per heavy atom. The Morgan fingerprint density at radius 3 is 2.11 bits per heavy atom. The first-order chi connectivity index (χ1) is 9.06. The van der Waals surface area contributed by atoms with Gasteiger partial charge in [0.25, 0.3) is 0 Å². The van der Waals surface area contributed by atoms with Crippen molar-refractivity contribution in [3.05, 3.63) is 65.5 Å². The van der Waals surface area contributed by atoms with Crippen LogP contribution in [0.1, 0.15) is 35.7 Å². The number of rotatable bonds is 3. The third kappa shape index (κ3) is 3.41. The molecular weight excluding hydrogens is 243 g/mol. The average molecular weight is 258 g/mol. The van der Waals surface area contributed by atoms with Crippen LogP contribution < -0.4 is 4.74 Å². The number of halogens is 1. The summed E-state index contributed by atoms with van der Waals surface area (Å²) in [5.74, 6) is 0.0516. The van der Waals surface area contributed by atoms with Crippen LogP contribution in [0, 0.1) is 5.82 Å². The van der Waals surface area contributed by atoms with E-state index in [2.05, 4.69) is 13.8 Å². The number of carbonyl (C=O) groups excluding carboxylic acids is 1. The minimum absolute atomic E-state index is 0.328. The van der Waals surface area contributed by atoms with Crippen molar-refractivity contribution in [2.24, 2.45) is 0 Å². The van der Waals surface area contributed by atoms with Crippen LogP contribution in [0.15, 0.2) is 48.5 Å². The third-order valence-electron chi connectivity index (χ3n) is 2.84. The van der Waals surface area contributed by atoms with Gasteiger partial charge >= 0.3 is 5.97 Å². The van der Waals surface area contributed by atoms with Crippen molar-refractivity contribution in [2.45, 2.75) is 19.8 Å². The van der Waals surface area contributed by atoms with Crippen LogP contribution in [0.3, 0.4) is 0 Å². The summed E-state index contributed by atoms with van der Waals surface area (Å²) >= 11 is 0. The molecule has 0 spiro atoms. The summed E-state index contributed by atoms with van der Waals surface area (Å²) in [5.41, 5.74) is 1.51. The fourth-order valence-corrected chi connectivity index (χ4v) is 1.67. The third-order valence-corrected chi connectivity index (χ3v) is 2.84. The molecule has 3 heteroatoms. The molecule has 2 aromatic carbocycles. The summed E-state index contributed by atoms with van der Waals surface area (Å²) in [6.45, 7) is 4.19. The van der Waals surface area contributed by atoms with E-state index in [-0.39, 0.29) is 5.82 Å². The molecule has 0 unspecified atom stereocenters. The molecular formula is C16H15FO2.